The predicted octanol–water partition coefficient (Wildman–Crippen LogP) is 4.48. The number of benzene rings is 1. The second-order valence-corrected chi connectivity index (χ2v) is 5.49. The first kappa shape index (κ1) is 13.3. The molecule has 1 aromatic rings. The van der Waals surface area contributed by atoms with Crippen LogP contribution in [0, 0.1) is 18.3 Å². The largest absolute Gasteiger partial charge is 0.382 e. The molecule has 1 fully saturated rings. The van der Waals surface area contributed by atoms with Crippen LogP contribution in [0.3, 0.4) is 0 Å². The van der Waals surface area contributed by atoms with E-state index in [0.717, 1.165) is 34.2 Å². The van der Waals surface area contributed by atoms with Gasteiger partial charge in [0.1, 0.15) is 0 Å². The minimum Gasteiger partial charge on any atom is -0.382 e. The van der Waals surface area contributed by atoms with Crippen LogP contribution < -0.4 is 5.32 Å². The minimum atomic E-state index is 0.572. The monoisotopic (exact) mass is 261 g/mol. The van der Waals surface area contributed by atoms with Gasteiger partial charge in [0, 0.05) is 17.3 Å². The van der Waals surface area contributed by atoms with Crippen LogP contribution in [0.2, 0.25) is 5.02 Å². The molecule has 1 aliphatic rings. The van der Waals surface area contributed by atoms with Gasteiger partial charge in [-0.1, -0.05) is 37.8 Å². The summed E-state index contributed by atoms with van der Waals surface area (Å²) in [4.78, 5) is 0. The maximum atomic E-state index is 6.35. The number of hydrogen-bond acceptors (Lipinski definition) is 1. The van der Waals surface area contributed by atoms with Gasteiger partial charge >= 0.3 is 0 Å². The molecule has 1 aliphatic carbocycles. The third-order valence-electron chi connectivity index (χ3n) is 3.95. The van der Waals surface area contributed by atoms with Crippen molar-refractivity contribution >= 4 is 17.3 Å². The van der Waals surface area contributed by atoms with E-state index in [1.54, 1.807) is 0 Å². The van der Waals surface area contributed by atoms with Gasteiger partial charge in [-0.3, -0.25) is 0 Å². The van der Waals surface area contributed by atoms with E-state index in [9.17, 15) is 0 Å². The molecule has 1 N–H and O–H groups in total. The SMILES string of the molecule is C#Cc1ccc(NC2CCC[C@@H]2C)c(CC)c1Cl. The zero-order valence-corrected chi connectivity index (χ0v) is 11.8. The van der Waals surface area contributed by atoms with Crippen LogP contribution in [0.25, 0.3) is 0 Å². The molecular weight excluding hydrogens is 242 g/mol. The van der Waals surface area contributed by atoms with Crippen molar-refractivity contribution < 1.29 is 0 Å². The van der Waals surface area contributed by atoms with Crippen molar-refractivity contribution in [3.05, 3.63) is 28.3 Å². The first-order valence-corrected chi connectivity index (χ1v) is 7.09. The summed E-state index contributed by atoms with van der Waals surface area (Å²) in [5.74, 6) is 3.38. The zero-order chi connectivity index (χ0) is 13.1. The Kier molecular flexibility index (Phi) is 4.19. The van der Waals surface area contributed by atoms with Crippen LogP contribution in [0.5, 0.6) is 0 Å². The molecule has 2 atom stereocenters. The molecule has 2 heteroatoms. The summed E-state index contributed by atoms with van der Waals surface area (Å²) in [6.45, 7) is 4.43. The summed E-state index contributed by atoms with van der Waals surface area (Å²) in [6.07, 6.45) is 10.2. The molecule has 0 saturated heterocycles. The number of terminal acetylenes is 1. The van der Waals surface area contributed by atoms with Crippen molar-refractivity contribution in [1.82, 2.24) is 0 Å². The Balaban J connectivity index is 2.28. The highest BCUT2D eigenvalue weighted by molar-refractivity contribution is 6.33. The van der Waals surface area contributed by atoms with E-state index < -0.39 is 0 Å². The van der Waals surface area contributed by atoms with E-state index in [2.05, 4.69) is 31.2 Å². The Labute approximate surface area is 115 Å². The van der Waals surface area contributed by atoms with Gasteiger partial charge in [0.2, 0.25) is 0 Å². The predicted molar refractivity (Wildman–Crippen MR) is 79.2 cm³/mol. The van der Waals surface area contributed by atoms with Crippen molar-refractivity contribution in [2.45, 2.75) is 45.6 Å². The van der Waals surface area contributed by atoms with Crippen LogP contribution in [-0.4, -0.2) is 6.04 Å². The number of hydrogen-bond donors (Lipinski definition) is 1. The molecule has 0 radical (unpaired) electrons. The molecule has 0 aromatic heterocycles. The Bertz CT molecular complexity index is 473. The highest BCUT2D eigenvalue weighted by atomic mass is 35.5. The highest BCUT2D eigenvalue weighted by Gasteiger charge is 2.24. The first-order chi connectivity index (χ1) is 8.67. The Morgan fingerprint density at radius 1 is 1.44 bits per heavy atom. The summed E-state index contributed by atoms with van der Waals surface area (Å²) in [5.41, 5.74) is 3.09. The molecule has 96 valence electrons. The number of halogens is 1. The fourth-order valence-electron chi connectivity index (χ4n) is 2.77. The Morgan fingerprint density at radius 3 is 2.78 bits per heavy atom. The van der Waals surface area contributed by atoms with Crippen molar-refractivity contribution in [3.8, 4) is 12.3 Å². The van der Waals surface area contributed by atoms with Gasteiger partial charge in [-0.25, -0.2) is 0 Å². The fourth-order valence-corrected chi connectivity index (χ4v) is 3.13. The molecule has 1 aromatic carbocycles. The Hall–Kier alpha value is -1.13. The smallest absolute Gasteiger partial charge is 0.0614 e. The van der Waals surface area contributed by atoms with Crippen molar-refractivity contribution in [2.24, 2.45) is 5.92 Å². The van der Waals surface area contributed by atoms with Crippen LogP contribution in [0.4, 0.5) is 5.69 Å². The second kappa shape index (κ2) is 5.67. The van der Waals surface area contributed by atoms with Gasteiger partial charge in [0.25, 0.3) is 0 Å². The molecule has 2 rings (SSSR count). The van der Waals surface area contributed by atoms with E-state index in [0.29, 0.717) is 6.04 Å². The number of rotatable bonds is 3. The summed E-state index contributed by atoms with van der Waals surface area (Å²) in [5, 5.41) is 4.38. The van der Waals surface area contributed by atoms with Crippen LogP contribution >= 0.6 is 11.6 Å². The normalized spacial score (nSPS) is 22.8. The molecule has 0 bridgehead atoms. The molecule has 1 saturated carbocycles. The fraction of sp³-hybridized carbons (Fsp3) is 0.500. The molecule has 0 amide bonds. The quantitative estimate of drug-likeness (QED) is 0.791. The van der Waals surface area contributed by atoms with Crippen molar-refractivity contribution in [2.75, 3.05) is 5.32 Å². The summed E-state index contributed by atoms with van der Waals surface area (Å²) >= 11 is 6.35. The first-order valence-electron chi connectivity index (χ1n) is 6.71. The van der Waals surface area contributed by atoms with Gasteiger partial charge in [0.05, 0.1) is 5.02 Å². The van der Waals surface area contributed by atoms with Gasteiger partial charge < -0.3 is 5.32 Å². The maximum Gasteiger partial charge on any atom is 0.0614 e. The molecule has 1 unspecified atom stereocenters. The average molecular weight is 262 g/mol. The van der Waals surface area contributed by atoms with E-state index in [1.807, 2.05) is 6.07 Å². The Morgan fingerprint density at radius 2 is 2.22 bits per heavy atom. The van der Waals surface area contributed by atoms with Gasteiger partial charge in [-0.15, -0.1) is 6.42 Å². The molecule has 0 aliphatic heterocycles. The second-order valence-electron chi connectivity index (χ2n) is 5.11. The standard InChI is InChI=1S/C16H20ClN/c1-4-12-9-10-15(13(5-2)16(12)17)18-14-8-6-7-11(14)3/h1,9-11,14,18H,5-8H2,2-3H3/t11-,14?/m0/s1. The minimum absolute atomic E-state index is 0.572. The van der Waals surface area contributed by atoms with Gasteiger partial charge in [0.15, 0.2) is 0 Å². The van der Waals surface area contributed by atoms with Crippen LogP contribution in [0.1, 0.15) is 44.2 Å². The van der Waals surface area contributed by atoms with Crippen molar-refractivity contribution in [3.63, 3.8) is 0 Å². The van der Waals surface area contributed by atoms with Crippen LogP contribution in [0.15, 0.2) is 12.1 Å². The lowest BCUT2D eigenvalue weighted by molar-refractivity contribution is 0.556. The molecule has 0 spiro atoms. The lowest BCUT2D eigenvalue weighted by Crippen LogP contribution is -2.22. The van der Waals surface area contributed by atoms with E-state index in [-0.39, 0.29) is 0 Å². The lowest BCUT2D eigenvalue weighted by Gasteiger charge is -2.21. The zero-order valence-electron chi connectivity index (χ0n) is 11.1. The average Bonchev–Trinajstić information content (AvgIpc) is 2.76. The number of anilines is 1. The molecule has 0 heterocycles. The van der Waals surface area contributed by atoms with E-state index in [1.165, 1.54) is 19.3 Å². The van der Waals surface area contributed by atoms with E-state index in [4.69, 9.17) is 18.0 Å². The summed E-state index contributed by atoms with van der Waals surface area (Å²) < 4.78 is 0. The maximum absolute atomic E-state index is 6.35. The summed E-state index contributed by atoms with van der Waals surface area (Å²) in [6, 6.07) is 4.58. The van der Waals surface area contributed by atoms with E-state index >= 15 is 0 Å². The third-order valence-corrected chi connectivity index (χ3v) is 4.39. The van der Waals surface area contributed by atoms with Crippen molar-refractivity contribution in [1.29, 1.82) is 0 Å². The molecule has 18 heavy (non-hydrogen) atoms. The highest BCUT2D eigenvalue weighted by Crippen LogP contribution is 2.33. The number of nitrogens with one attached hydrogen (secondary N) is 1. The molecular formula is C16H20ClN. The third kappa shape index (κ3) is 2.49. The van der Waals surface area contributed by atoms with Gasteiger partial charge in [-0.2, -0.15) is 0 Å². The molecule has 1 nitrogen and oxygen atoms in total. The topological polar surface area (TPSA) is 12.0 Å². The van der Waals surface area contributed by atoms with Crippen LogP contribution in [-0.2, 0) is 6.42 Å². The van der Waals surface area contributed by atoms with Gasteiger partial charge in [-0.05, 0) is 42.9 Å². The lowest BCUT2D eigenvalue weighted by atomic mass is 10.0. The summed E-state index contributed by atoms with van der Waals surface area (Å²) in [7, 11) is 0.